The van der Waals surface area contributed by atoms with Crippen LogP contribution in [0.25, 0.3) is 0 Å². The summed E-state index contributed by atoms with van der Waals surface area (Å²) in [5, 5.41) is 0. The van der Waals surface area contributed by atoms with Crippen LogP contribution in [0, 0.1) is 0 Å². The maximum Gasteiger partial charge on any atom is -0.0345 e. The van der Waals surface area contributed by atoms with Crippen LogP contribution < -0.4 is 0 Å². The maximum absolute atomic E-state index is 3.64. The van der Waals surface area contributed by atoms with E-state index in [0.717, 1.165) is 0 Å². The molecule has 0 fully saturated rings. The Hall–Kier alpha value is -0.780. The molecule has 0 rings (SSSR count). The summed E-state index contributed by atoms with van der Waals surface area (Å²) in [6, 6.07) is 0. The molecule has 0 amide bonds. The lowest BCUT2D eigenvalue weighted by atomic mass is 10.1. The summed E-state index contributed by atoms with van der Waals surface area (Å²) in [5.74, 6) is 0. The van der Waals surface area contributed by atoms with Gasteiger partial charge in [0.1, 0.15) is 0 Å². The lowest BCUT2D eigenvalue weighted by Crippen LogP contribution is -1.74. The van der Waals surface area contributed by atoms with Gasteiger partial charge in [-0.25, -0.2) is 0 Å². The molecule has 0 bridgehead atoms. The topological polar surface area (TPSA) is 0 Å². The lowest BCUT2D eigenvalue weighted by Gasteiger charge is -1.94. The van der Waals surface area contributed by atoms with Gasteiger partial charge >= 0.3 is 0 Å². The normalized spacial score (nSPS) is 11.5. The fourth-order valence-electron chi connectivity index (χ4n) is 1.47. The molecule has 0 saturated carbocycles. The Balaban J connectivity index is 3.10. The average molecular weight is 206 g/mol. The molecule has 0 aromatic rings. The highest BCUT2D eigenvalue weighted by molar-refractivity contribution is 4.97. The molecule has 0 spiro atoms. The molecule has 15 heavy (non-hydrogen) atoms. The van der Waals surface area contributed by atoms with Crippen LogP contribution in [0.4, 0.5) is 0 Å². The van der Waals surface area contributed by atoms with Gasteiger partial charge in [0.25, 0.3) is 0 Å². The lowest BCUT2D eigenvalue weighted by molar-refractivity contribution is 0.673. The van der Waals surface area contributed by atoms with Crippen molar-refractivity contribution in [3.8, 4) is 0 Å². The number of hydrogen-bond donors (Lipinski definition) is 0. The molecule has 0 N–H and O–H groups in total. The van der Waals surface area contributed by atoms with Gasteiger partial charge in [-0.2, -0.15) is 0 Å². The molecular formula is C15H26. The fraction of sp³-hybridized carbons (Fsp3) is 0.600. The van der Waals surface area contributed by atoms with Crippen molar-refractivity contribution in [2.24, 2.45) is 0 Å². The van der Waals surface area contributed by atoms with Gasteiger partial charge < -0.3 is 0 Å². The van der Waals surface area contributed by atoms with E-state index in [2.05, 4.69) is 31.7 Å². The van der Waals surface area contributed by atoms with E-state index in [1.165, 1.54) is 51.4 Å². The highest BCUT2D eigenvalue weighted by Crippen LogP contribution is 2.04. The van der Waals surface area contributed by atoms with Crippen LogP contribution in [0.1, 0.15) is 58.3 Å². The van der Waals surface area contributed by atoms with Crippen molar-refractivity contribution in [3.63, 3.8) is 0 Å². The quantitative estimate of drug-likeness (QED) is 0.254. The number of rotatable bonds is 10. The zero-order valence-electron chi connectivity index (χ0n) is 10.3. The summed E-state index contributed by atoms with van der Waals surface area (Å²) in [7, 11) is 0. The summed E-state index contributed by atoms with van der Waals surface area (Å²) >= 11 is 0. The van der Waals surface area contributed by atoms with E-state index >= 15 is 0 Å². The second-order valence-electron chi connectivity index (χ2n) is 3.92. The van der Waals surface area contributed by atoms with Gasteiger partial charge in [-0.3, -0.25) is 0 Å². The fourth-order valence-corrected chi connectivity index (χ4v) is 1.47. The zero-order chi connectivity index (χ0) is 11.2. The molecule has 0 atom stereocenters. The molecule has 0 unspecified atom stereocenters. The second kappa shape index (κ2) is 13.2. The van der Waals surface area contributed by atoms with Gasteiger partial charge in [0.2, 0.25) is 0 Å². The van der Waals surface area contributed by atoms with Gasteiger partial charge in [0, 0.05) is 0 Å². The third-order valence-electron chi connectivity index (χ3n) is 2.40. The number of hydrogen-bond acceptors (Lipinski definition) is 0. The van der Waals surface area contributed by atoms with Gasteiger partial charge in [-0.15, -0.1) is 0 Å². The van der Waals surface area contributed by atoms with Crippen LogP contribution in [0.15, 0.2) is 37.0 Å². The van der Waals surface area contributed by atoms with Crippen molar-refractivity contribution in [2.45, 2.75) is 58.3 Å². The van der Waals surface area contributed by atoms with Gasteiger partial charge in [-0.05, 0) is 32.1 Å². The number of unbranched alkanes of at least 4 members (excludes halogenated alkanes) is 6. The van der Waals surface area contributed by atoms with Crippen molar-refractivity contribution in [2.75, 3.05) is 0 Å². The first-order chi connectivity index (χ1) is 7.41. The molecule has 0 radical (unpaired) electrons. The first kappa shape index (κ1) is 14.2. The molecule has 0 nitrogen and oxygen atoms in total. The third kappa shape index (κ3) is 13.2. The predicted octanol–water partition coefficient (Wildman–Crippen LogP) is 5.43. The van der Waals surface area contributed by atoms with Crippen LogP contribution in [0.5, 0.6) is 0 Å². The van der Waals surface area contributed by atoms with Gasteiger partial charge in [0.15, 0.2) is 0 Å². The third-order valence-corrected chi connectivity index (χ3v) is 2.40. The molecule has 0 aromatic heterocycles. The molecule has 0 aliphatic heterocycles. The molecule has 0 aromatic carbocycles. The standard InChI is InChI=1S/C15H26/c1-3-5-7-9-11-13-15-14-12-10-8-6-4-2/h3,5,7,14-15H,1,4,6,8-13H2,2H3. The van der Waals surface area contributed by atoms with E-state index in [4.69, 9.17) is 0 Å². The second-order valence-corrected chi connectivity index (χ2v) is 3.92. The van der Waals surface area contributed by atoms with Crippen molar-refractivity contribution in [3.05, 3.63) is 37.0 Å². The Morgan fingerprint density at radius 2 is 1.47 bits per heavy atom. The van der Waals surface area contributed by atoms with Crippen LogP contribution in [0.3, 0.4) is 0 Å². The monoisotopic (exact) mass is 206 g/mol. The SMILES string of the molecule is C=CC=CCCCC=CCCCCCC. The van der Waals surface area contributed by atoms with Crippen molar-refractivity contribution in [1.29, 1.82) is 0 Å². The molecule has 0 aliphatic rings. The Labute approximate surface area is 95.8 Å². The molecular weight excluding hydrogens is 180 g/mol. The Morgan fingerprint density at radius 3 is 2.13 bits per heavy atom. The van der Waals surface area contributed by atoms with E-state index in [1.807, 2.05) is 12.2 Å². The Kier molecular flexibility index (Phi) is 12.5. The smallest absolute Gasteiger partial charge is 0.0345 e. The highest BCUT2D eigenvalue weighted by Gasteiger charge is 1.84. The Bertz CT molecular complexity index is 174. The van der Waals surface area contributed by atoms with Gasteiger partial charge in [0.05, 0.1) is 0 Å². The first-order valence-corrected chi connectivity index (χ1v) is 6.34. The van der Waals surface area contributed by atoms with E-state index in [1.54, 1.807) is 0 Å². The van der Waals surface area contributed by atoms with Crippen LogP contribution in [0.2, 0.25) is 0 Å². The number of allylic oxidation sites excluding steroid dienone is 5. The van der Waals surface area contributed by atoms with E-state index < -0.39 is 0 Å². The average Bonchev–Trinajstić information content (AvgIpc) is 2.26. The summed E-state index contributed by atoms with van der Waals surface area (Å²) in [4.78, 5) is 0. The summed E-state index contributed by atoms with van der Waals surface area (Å²) < 4.78 is 0. The highest BCUT2D eigenvalue weighted by atomic mass is 13.9. The molecule has 0 saturated heterocycles. The van der Waals surface area contributed by atoms with E-state index in [0.29, 0.717) is 0 Å². The molecule has 0 heterocycles. The minimum Gasteiger partial charge on any atom is -0.0991 e. The van der Waals surface area contributed by atoms with Crippen molar-refractivity contribution in [1.82, 2.24) is 0 Å². The van der Waals surface area contributed by atoms with Crippen molar-refractivity contribution >= 4 is 0 Å². The Morgan fingerprint density at radius 1 is 0.800 bits per heavy atom. The van der Waals surface area contributed by atoms with Crippen LogP contribution in [-0.2, 0) is 0 Å². The summed E-state index contributed by atoms with van der Waals surface area (Å²) in [6.07, 6.45) is 21.1. The minimum absolute atomic E-state index is 1.17. The summed E-state index contributed by atoms with van der Waals surface area (Å²) in [5.41, 5.74) is 0. The van der Waals surface area contributed by atoms with Crippen LogP contribution >= 0.6 is 0 Å². The molecule has 0 heteroatoms. The molecule has 86 valence electrons. The van der Waals surface area contributed by atoms with Crippen LogP contribution in [-0.4, -0.2) is 0 Å². The minimum atomic E-state index is 1.17. The summed E-state index contributed by atoms with van der Waals surface area (Å²) in [6.45, 7) is 5.90. The largest absolute Gasteiger partial charge is 0.0991 e. The predicted molar refractivity (Wildman–Crippen MR) is 71.1 cm³/mol. The van der Waals surface area contributed by atoms with Crippen molar-refractivity contribution < 1.29 is 0 Å². The maximum atomic E-state index is 3.64. The van der Waals surface area contributed by atoms with Gasteiger partial charge in [-0.1, -0.05) is 63.1 Å². The van der Waals surface area contributed by atoms with E-state index in [9.17, 15) is 0 Å². The zero-order valence-corrected chi connectivity index (χ0v) is 10.3. The first-order valence-electron chi connectivity index (χ1n) is 6.34. The molecule has 0 aliphatic carbocycles. The van der Waals surface area contributed by atoms with E-state index in [-0.39, 0.29) is 0 Å².